The van der Waals surface area contributed by atoms with Gasteiger partial charge in [-0.15, -0.1) is 10.2 Å². The molecule has 0 bridgehead atoms. The Labute approximate surface area is 135 Å². The highest BCUT2D eigenvalue weighted by atomic mass is 35.5. The molecular formula is C13H11ClN6OS. The van der Waals surface area contributed by atoms with E-state index in [0.29, 0.717) is 10.3 Å². The summed E-state index contributed by atoms with van der Waals surface area (Å²) in [6, 6.07) is 7.58. The first-order chi connectivity index (χ1) is 10.8. The first kappa shape index (κ1) is 14.5. The smallest absolute Gasteiger partial charge is 0.189 e. The number of methoxy groups -OCH3 is 1. The highest BCUT2D eigenvalue weighted by molar-refractivity contribution is 7.17. The second kappa shape index (κ2) is 6.54. The number of anilines is 2. The molecule has 1 aromatic carbocycles. The average Bonchev–Trinajstić information content (AvgIpc) is 3.15. The normalized spacial score (nSPS) is 11.0. The van der Waals surface area contributed by atoms with Gasteiger partial charge in [0.15, 0.2) is 10.3 Å². The third-order valence-electron chi connectivity index (χ3n) is 2.67. The zero-order valence-electron chi connectivity index (χ0n) is 11.5. The lowest BCUT2D eigenvalue weighted by atomic mass is 10.3. The molecule has 7 nitrogen and oxygen atoms in total. The Bertz CT molecular complexity index is 786. The Morgan fingerprint density at radius 1 is 1.32 bits per heavy atom. The van der Waals surface area contributed by atoms with Crippen molar-refractivity contribution in [3.63, 3.8) is 0 Å². The molecule has 0 atom stereocenters. The minimum Gasteiger partial charge on any atom is -0.495 e. The molecule has 112 valence electrons. The van der Waals surface area contributed by atoms with E-state index in [4.69, 9.17) is 16.3 Å². The van der Waals surface area contributed by atoms with E-state index < -0.39 is 0 Å². The van der Waals surface area contributed by atoms with Crippen LogP contribution in [0.25, 0.3) is 0 Å². The van der Waals surface area contributed by atoms with Crippen molar-refractivity contribution in [3.8, 4) is 5.75 Å². The Balaban J connectivity index is 1.80. The van der Waals surface area contributed by atoms with E-state index in [1.165, 1.54) is 28.7 Å². The van der Waals surface area contributed by atoms with Gasteiger partial charge in [-0.1, -0.05) is 35.1 Å². The van der Waals surface area contributed by atoms with Gasteiger partial charge in [-0.3, -0.25) is 0 Å². The fourth-order valence-electron chi connectivity index (χ4n) is 1.68. The first-order valence-electron chi connectivity index (χ1n) is 6.21. The molecule has 0 aliphatic rings. The number of hydrogen-bond donors (Lipinski definition) is 1. The summed E-state index contributed by atoms with van der Waals surface area (Å²) in [6.07, 6.45) is 4.58. The second-order valence-corrected chi connectivity index (χ2v) is 5.47. The number of ether oxygens (including phenoxy) is 1. The Morgan fingerprint density at radius 2 is 2.09 bits per heavy atom. The molecule has 0 saturated carbocycles. The van der Waals surface area contributed by atoms with Crippen LogP contribution in [0.15, 0.2) is 42.0 Å². The predicted octanol–water partition coefficient (Wildman–Crippen LogP) is 3.02. The van der Waals surface area contributed by atoms with Crippen molar-refractivity contribution in [3.05, 3.63) is 47.0 Å². The van der Waals surface area contributed by atoms with Crippen LogP contribution in [0.4, 0.5) is 10.8 Å². The van der Waals surface area contributed by atoms with Crippen LogP contribution in [-0.4, -0.2) is 33.2 Å². The van der Waals surface area contributed by atoms with Crippen molar-refractivity contribution in [2.75, 3.05) is 12.4 Å². The molecule has 0 saturated heterocycles. The quantitative estimate of drug-likeness (QED) is 0.726. The minimum atomic E-state index is 0.374. The maximum Gasteiger partial charge on any atom is 0.189 e. The maximum atomic E-state index is 6.12. The Morgan fingerprint density at radius 3 is 2.86 bits per heavy atom. The summed E-state index contributed by atoms with van der Waals surface area (Å²) in [5, 5.41) is 15.7. The van der Waals surface area contributed by atoms with Crippen LogP contribution in [-0.2, 0) is 0 Å². The standard InChI is InChI=1S/C13H11ClN6OS/c1-21-10-5-3-2-4-9(10)18-13-19-12(14)11(22-13)6-17-20-7-15-16-8-20/h2-8H,1H3,(H,18,19)/b17-6+. The number of aromatic nitrogens is 4. The molecule has 2 aromatic heterocycles. The molecule has 3 rings (SSSR count). The van der Waals surface area contributed by atoms with Gasteiger partial charge in [-0.2, -0.15) is 5.10 Å². The van der Waals surface area contributed by atoms with Gasteiger partial charge in [0.2, 0.25) is 0 Å². The van der Waals surface area contributed by atoms with Crippen molar-refractivity contribution in [1.82, 2.24) is 19.9 Å². The number of nitrogens with one attached hydrogen (secondary N) is 1. The third-order valence-corrected chi connectivity index (χ3v) is 3.98. The number of benzene rings is 1. The zero-order chi connectivity index (χ0) is 15.4. The summed E-state index contributed by atoms with van der Waals surface area (Å²) in [4.78, 5) is 5.00. The number of thiazole rings is 1. The second-order valence-electron chi connectivity index (χ2n) is 4.09. The van der Waals surface area contributed by atoms with Crippen LogP contribution < -0.4 is 10.1 Å². The minimum absolute atomic E-state index is 0.374. The summed E-state index contributed by atoms with van der Waals surface area (Å²) < 4.78 is 6.76. The van der Waals surface area contributed by atoms with E-state index >= 15 is 0 Å². The van der Waals surface area contributed by atoms with Gasteiger partial charge in [0.1, 0.15) is 18.4 Å². The molecule has 0 aliphatic carbocycles. The van der Waals surface area contributed by atoms with Gasteiger partial charge in [-0.05, 0) is 12.1 Å². The van der Waals surface area contributed by atoms with Crippen molar-refractivity contribution >= 4 is 40.0 Å². The highest BCUT2D eigenvalue weighted by Crippen LogP contribution is 2.31. The maximum absolute atomic E-state index is 6.12. The lowest BCUT2D eigenvalue weighted by Gasteiger charge is -2.07. The van der Waals surface area contributed by atoms with Crippen LogP contribution in [0.5, 0.6) is 5.75 Å². The summed E-state index contributed by atoms with van der Waals surface area (Å²) >= 11 is 7.50. The van der Waals surface area contributed by atoms with E-state index in [1.54, 1.807) is 13.3 Å². The fraction of sp³-hybridized carbons (Fsp3) is 0.0769. The van der Waals surface area contributed by atoms with Crippen LogP contribution in [0, 0.1) is 0 Å². The van der Waals surface area contributed by atoms with E-state index in [-0.39, 0.29) is 0 Å². The molecular weight excluding hydrogens is 324 g/mol. The molecule has 0 fully saturated rings. The van der Waals surface area contributed by atoms with Gasteiger partial charge in [0.05, 0.1) is 23.9 Å². The largest absolute Gasteiger partial charge is 0.495 e. The number of rotatable bonds is 5. The SMILES string of the molecule is COc1ccccc1Nc1nc(Cl)c(/C=N/n2cnnc2)s1. The van der Waals surface area contributed by atoms with Gasteiger partial charge in [0.25, 0.3) is 0 Å². The summed E-state index contributed by atoms with van der Waals surface area (Å²) in [7, 11) is 1.62. The lowest BCUT2D eigenvalue weighted by molar-refractivity contribution is 0.417. The molecule has 2 heterocycles. The fourth-order valence-corrected chi connectivity index (χ4v) is 2.72. The number of hydrogen-bond acceptors (Lipinski definition) is 7. The molecule has 0 aliphatic heterocycles. The van der Waals surface area contributed by atoms with Gasteiger partial charge < -0.3 is 10.1 Å². The molecule has 0 amide bonds. The van der Waals surface area contributed by atoms with Crippen molar-refractivity contribution in [2.45, 2.75) is 0 Å². The molecule has 0 unspecified atom stereocenters. The summed E-state index contributed by atoms with van der Waals surface area (Å²) in [5.41, 5.74) is 0.817. The molecule has 0 spiro atoms. The predicted molar refractivity (Wildman–Crippen MR) is 86.4 cm³/mol. The molecule has 9 heteroatoms. The molecule has 3 aromatic rings. The van der Waals surface area contributed by atoms with Crippen molar-refractivity contribution in [2.24, 2.45) is 5.10 Å². The van der Waals surface area contributed by atoms with E-state index in [2.05, 4.69) is 25.6 Å². The highest BCUT2D eigenvalue weighted by Gasteiger charge is 2.10. The first-order valence-corrected chi connectivity index (χ1v) is 7.41. The molecule has 1 N–H and O–H groups in total. The van der Waals surface area contributed by atoms with Gasteiger partial charge in [-0.25, -0.2) is 9.66 Å². The van der Waals surface area contributed by atoms with E-state index in [9.17, 15) is 0 Å². The van der Waals surface area contributed by atoms with Gasteiger partial charge >= 0.3 is 0 Å². The average molecular weight is 335 g/mol. The van der Waals surface area contributed by atoms with Crippen molar-refractivity contribution < 1.29 is 4.74 Å². The Kier molecular flexibility index (Phi) is 4.31. The number of para-hydroxylation sites is 2. The molecule has 22 heavy (non-hydrogen) atoms. The topological polar surface area (TPSA) is 77.2 Å². The third kappa shape index (κ3) is 3.23. The van der Waals surface area contributed by atoms with Crippen LogP contribution in [0.2, 0.25) is 5.15 Å². The van der Waals surface area contributed by atoms with Crippen LogP contribution >= 0.6 is 22.9 Å². The lowest BCUT2D eigenvalue weighted by Crippen LogP contribution is -1.93. The zero-order valence-corrected chi connectivity index (χ0v) is 13.0. The van der Waals surface area contributed by atoms with Crippen LogP contribution in [0.3, 0.4) is 0 Å². The number of halogens is 1. The van der Waals surface area contributed by atoms with E-state index in [0.717, 1.165) is 16.3 Å². The Hall–Kier alpha value is -2.45. The monoisotopic (exact) mass is 334 g/mol. The molecule has 0 radical (unpaired) electrons. The summed E-state index contributed by atoms with van der Waals surface area (Å²) in [6.45, 7) is 0. The number of nitrogens with zero attached hydrogens (tertiary/aromatic N) is 5. The van der Waals surface area contributed by atoms with E-state index in [1.807, 2.05) is 24.3 Å². The van der Waals surface area contributed by atoms with Gasteiger partial charge in [0, 0.05) is 0 Å². The van der Waals surface area contributed by atoms with Crippen molar-refractivity contribution in [1.29, 1.82) is 0 Å². The summed E-state index contributed by atoms with van der Waals surface area (Å²) in [5.74, 6) is 0.730. The van der Waals surface area contributed by atoms with Crippen LogP contribution in [0.1, 0.15) is 4.88 Å².